The molecular formula is C13H17F2NO. The summed E-state index contributed by atoms with van der Waals surface area (Å²) in [6.45, 7) is 2.59. The van der Waals surface area contributed by atoms with Crippen molar-refractivity contribution in [1.82, 2.24) is 5.32 Å². The van der Waals surface area contributed by atoms with Crippen molar-refractivity contribution in [3.63, 3.8) is 0 Å². The Balaban J connectivity index is 2.44. The van der Waals surface area contributed by atoms with Gasteiger partial charge < -0.3 is 5.32 Å². The van der Waals surface area contributed by atoms with Crippen LogP contribution in [0.4, 0.5) is 8.78 Å². The van der Waals surface area contributed by atoms with E-state index in [1.165, 1.54) is 12.1 Å². The molecule has 1 N–H and O–H groups in total. The van der Waals surface area contributed by atoms with Crippen molar-refractivity contribution in [2.75, 3.05) is 6.54 Å². The van der Waals surface area contributed by atoms with Gasteiger partial charge in [0.15, 0.2) is 11.6 Å². The Hall–Kier alpha value is -1.45. The number of nitrogens with one attached hydrogen (secondary N) is 1. The summed E-state index contributed by atoms with van der Waals surface area (Å²) >= 11 is 0. The maximum Gasteiger partial charge on any atom is 0.254 e. The average molecular weight is 241 g/mol. The van der Waals surface area contributed by atoms with Gasteiger partial charge in [0.2, 0.25) is 0 Å². The van der Waals surface area contributed by atoms with Crippen molar-refractivity contribution in [2.45, 2.75) is 32.6 Å². The molecule has 0 aliphatic carbocycles. The van der Waals surface area contributed by atoms with Gasteiger partial charge in [0.1, 0.15) is 0 Å². The lowest BCUT2D eigenvalue weighted by atomic mass is 10.1. The highest BCUT2D eigenvalue weighted by Gasteiger charge is 2.13. The van der Waals surface area contributed by atoms with Crippen LogP contribution in [-0.4, -0.2) is 12.5 Å². The lowest BCUT2D eigenvalue weighted by Crippen LogP contribution is -2.25. The third-order valence-electron chi connectivity index (χ3n) is 2.51. The molecule has 0 fully saturated rings. The van der Waals surface area contributed by atoms with E-state index >= 15 is 0 Å². The Kier molecular flexibility index (Phi) is 5.60. The van der Waals surface area contributed by atoms with Crippen molar-refractivity contribution in [2.24, 2.45) is 0 Å². The van der Waals surface area contributed by atoms with Gasteiger partial charge in [0.25, 0.3) is 5.91 Å². The lowest BCUT2D eigenvalue weighted by Gasteiger charge is -2.06. The van der Waals surface area contributed by atoms with Gasteiger partial charge in [-0.2, -0.15) is 0 Å². The largest absolute Gasteiger partial charge is 0.352 e. The molecule has 94 valence electrons. The van der Waals surface area contributed by atoms with Crippen molar-refractivity contribution in [3.05, 3.63) is 35.4 Å². The lowest BCUT2D eigenvalue weighted by molar-refractivity contribution is 0.0948. The van der Waals surface area contributed by atoms with Gasteiger partial charge in [-0.25, -0.2) is 8.78 Å². The predicted molar refractivity (Wildman–Crippen MR) is 62.8 cm³/mol. The molecule has 0 aliphatic heterocycles. The van der Waals surface area contributed by atoms with Gasteiger partial charge in [0.05, 0.1) is 5.56 Å². The zero-order chi connectivity index (χ0) is 12.7. The van der Waals surface area contributed by atoms with E-state index in [1.54, 1.807) is 0 Å². The maximum absolute atomic E-state index is 13.2. The third-order valence-corrected chi connectivity index (χ3v) is 2.51. The van der Waals surface area contributed by atoms with Gasteiger partial charge >= 0.3 is 0 Å². The second-order valence-electron chi connectivity index (χ2n) is 3.92. The standard InChI is InChI=1S/C13H17F2NO/c1-2-3-4-5-9-16-13(17)10-7-6-8-11(14)12(10)15/h6-8H,2-5,9H2,1H3,(H,16,17). The van der Waals surface area contributed by atoms with Gasteiger partial charge in [0, 0.05) is 6.54 Å². The van der Waals surface area contributed by atoms with E-state index in [0.29, 0.717) is 6.54 Å². The second-order valence-corrected chi connectivity index (χ2v) is 3.92. The molecule has 0 unspecified atom stereocenters. The fourth-order valence-corrected chi connectivity index (χ4v) is 1.53. The molecule has 0 radical (unpaired) electrons. The minimum atomic E-state index is -1.08. The minimum Gasteiger partial charge on any atom is -0.352 e. The SMILES string of the molecule is CCCCCCNC(=O)c1cccc(F)c1F. The first-order valence-electron chi connectivity index (χ1n) is 5.89. The van der Waals surface area contributed by atoms with Crippen molar-refractivity contribution >= 4 is 5.91 Å². The van der Waals surface area contributed by atoms with Crippen LogP contribution in [0, 0.1) is 11.6 Å². The molecule has 1 rings (SSSR count). The molecule has 0 bridgehead atoms. The number of unbranched alkanes of at least 4 members (excludes halogenated alkanes) is 3. The van der Waals surface area contributed by atoms with Crippen LogP contribution in [0.5, 0.6) is 0 Å². The highest BCUT2D eigenvalue weighted by molar-refractivity contribution is 5.94. The van der Waals surface area contributed by atoms with Crippen LogP contribution in [-0.2, 0) is 0 Å². The normalized spacial score (nSPS) is 10.3. The van der Waals surface area contributed by atoms with Crippen molar-refractivity contribution in [3.8, 4) is 0 Å². The molecule has 1 amide bonds. The fraction of sp³-hybridized carbons (Fsp3) is 0.462. The average Bonchev–Trinajstić information content (AvgIpc) is 2.32. The molecule has 1 aromatic carbocycles. The summed E-state index contributed by atoms with van der Waals surface area (Å²) in [5, 5.41) is 2.58. The monoisotopic (exact) mass is 241 g/mol. The summed E-state index contributed by atoms with van der Waals surface area (Å²) in [4.78, 5) is 11.5. The maximum atomic E-state index is 13.2. The minimum absolute atomic E-state index is 0.236. The molecule has 1 aromatic rings. The number of halogens is 2. The van der Waals surface area contributed by atoms with Gasteiger partial charge in [-0.3, -0.25) is 4.79 Å². The molecule has 0 saturated carbocycles. The van der Waals surface area contributed by atoms with E-state index in [1.807, 2.05) is 0 Å². The van der Waals surface area contributed by atoms with E-state index in [9.17, 15) is 13.6 Å². The molecular weight excluding hydrogens is 224 g/mol. The zero-order valence-corrected chi connectivity index (χ0v) is 9.93. The van der Waals surface area contributed by atoms with E-state index in [-0.39, 0.29) is 5.56 Å². The topological polar surface area (TPSA) is 29.1 Å². The quantitative estimate of drug-likeness (QED) is 0.761. The second kappa shape index (κ2) is 6.99. The van der Waals surface area contributed by atoms with Crippen LogP contribution in [0.1, 0.15) is 43.0 Å². The van der Waals surface area contributed by atoms with Crippen LogP contribution in [0.2, 0.25) is 0 Å². The first-order valence-corrected chi connectivity index (χ1v) is 5.89. The first kappa shape index (κ1) is 13.6. The molecule has 0 aliphatic rings. The van der Waals surface area contributed by atoms with Gasteiger partial charge in [-0.15, -0.1) is 0 Å². The number of rotatable bonds is 6. The Labute approximate surface area is 100 Å². The predicted octanol–water partition coefficient (Wildman–Crippen LogP) is 3.27. The van der Waals surface area contributed by atoms with Crippen LogP contribution in [0.3, 0.4) is 0 Å². The van der Waals surface area contributed by atoms with Crippen molar-refractivity contribution < 1.29 is 13.6 Å². The molecule has 0 saturated heterocycles. The number of hydrogen-bond donors (Lipinski definition) is 1. The summed E-state index contributed by atoms with van der Waals surface area (Å²) in [7, 11) is 0. The Morgan fingerprint density at radius 2 is 2.00 bits per heavy atom. The van der Waals surface area contributed by atoms with Gasteiger partial charge in [-0.05, 0) is 18.6 Å². The molecule has 0 spiro atoms. The summed E-state index contributed by atoms with van der Waals surface area (Å²) in [5.74, 6) is -2.64. The number of benzene rings is 1. The highest BCUT2D eigenvalue weighted by atomic mass is 19.2. The first-order chi connectivity index (χ1) is 8.16. The molecule has 0 atom stereocenters. The molecule has 0 heterocycles. The molecule has 17 heavy (non-hydrogen) atoms. The summed E-state index contributed by atoms with van der Waals surface area (Å²) in [6, 6.07) is 3.59. The smallest absolute Gasteiger partial charge is 0.254 e. The fourth-order valence-electron chi connectivity index (χ4n) is 1.53. The van der Waals surface area contributed by atoms with Crippen LogP contribution >= 0.6 is 0 Å². The Bertz CT molecular complexity index is 380. The van der Waals surface area contributed by atoms with E-state index < -0.39 is 17.5 Å². The molecule has 0 aromatic heterocycles. The van der Waals surface area contributed by atoms with E-state index in [2.05, 4.69) is 12.2 Å². The van der Waals surface area contributed by atoms with Crippen LogP contribution in [0.15, 0.2) is 18.2 Å². The Morgan fingerprint density at radius 1 is 1.24 bits per heavy atom. The summed E-state index contributed by atoms with van der Waals surface area (Å²) in [6.07, 6.45) is 4.12. The summed E-state index contributed by atoms with van der Waals surface area (Å²) < 4.78 is 26.1. The third kappa shape index (κ3) is 4.13. The van der Waals surface area contributed by atoms with Crippen molar-refractivity contribution in [1.29, 1.82) is 0 Å². The molecule has 2 nitrogen and oxygen atoms in total. The Morgan fingerprint density at radius 3 is 2.71 bits per heavy atom. The number of carbonyl (C=O) groups is 1. The number of amides is 1. The van der Waals surface area contributed by atoms with Gasteiger partial charge in [-0.1, -0.05) is 32.3 Å². The number of carbonyl (C=O) groups excluding carboxylic acids is 1. The van der Waals surface area contributed by atoms with E-state index in [4.69, 9.17) is 0 Å². The van der Waals surface area contributed by atoms with E-state index in [0.717, 1.165) is 31.7 Å². The summed E-state index contributed by atoms with van der Waals surface area (Å²) in [5.41, 5.74) is -0.236. The molecule has 4 heteroatoms. The zero-order valence-electron chi connectivity index (χ0n) is 9.93. The van der Waals surface area contributed by atoms with Crippen LogP contribution < -0.4 is 5.32 Å². The highest BCUT2D eigenvalue weighted by Crippen LogP contribution is 2.11. The number of hydrogen-bond acceptors (Lipinski definition) is 1. The van der Waals surface area contributed by atoms with Crippen LogP contribution in [0.25, 0.3) is 0 Å².